The number of nitrogens with two attached hydrogens (primary N) is 1. The Morgan fingerprint density at radius 1 is 1.71 bits per heavy atom. The van der Waals surface area contributed by atoms with Gasteiger partial charge in [0.05, 0.1) is 11.3 Å². The summed E-state index contributed by atoms with van der Waals surface area (Å²) >= 11 is 0. The summed E-state index contributed by atoms with van der Waals surface area (Å²) in [6, 6.07) is 0. The summed E-state index contributed by atoms with van der Waals surface area (Å²) in [4.78, 5) is 15.1. The van der Waals surface area contributed by atoms with Crippen molar-refractivity contribution in [3.63, 3.8) is 0 Å². The maximum absolute atomic E-state index is 12.3. The first-order valence-electron chi connectivity index (χ1n) is 4.13. The number of H-pyrrole nitrogens is 1. The zero-order valence-corrected chi connectivity index (χ0v) is 7.75. The fourth-order valence-corrected chi connectivity index (χ4v) is 0.929. The van der Waals surface area contributed by atoms with E-state index in [1.807, 2.05) is 6.92 Å². The lowest BCUT2D eigenvalue weighted by molar-refractivity contribution is 0.473. The summed E-state index contributed by atoms with van der Waals surface area (Å²) in [5.74, 6) is 0. The first-order valence-corrected chi connectivity index (χ1v) is 4.13. The van der Waals surface area contributed by atoms with Crippen LogP contribution in [0, 0.1) is 0 Å². The Kier molecular flexibility index (Phi) is 3.33. The molecule has 0 aliphatic carbocycles. The number of nitrogens with one attached hydrogen (secondary N) is 1. The lowest BCUT2D eigenvalue weighted by Crippen LogP contribution is -2.19. The van der Waals surface area contributed by atoms with Gasteiger partial charge in [0.25, 0.3) is 5.56 Å². The van der Waals surface area contributed by atoms with Gasteiger partial charge in [-0.3, -0.25) is 9.79 Å². The second kappa shape index (κ2) is 4.50. The average molecular weight is 198 g/mol. The minimum absolute atomic E-state index is 0.0298. The first-order chi connectivity index (χ1) is 6.70. The van der Waals surface area contributed by atoms with Gasteiger partial charge in [-0.05, 0) is 6.92 Å². The minimum Gasteiger partial charge on any atom is -0.396 e. The SMILES string of the molecule is CCN=Cc1c(N)c(CF)n[nH]c1=O. The molecule has 5 nitrogen and oxygen atoms in total. The molecule has 0 aliphatic heterocycles. The van der Waals surface area contributed by atoms with Crippen LogP contribution in [0.5, 0.6) is 0 Å². The van der Waals surface area contributed by atoms with Gasteiger partial charge in [0.15, 0.2) is 0 Å². The van der Waals surface area contributed by atoms with Crippen molar-refractivity contribution < 1.29 is 4.39 Å². The summed E-state index contributed by atoms with van der Waals surface area (Å²) < 4.78 is 12.3. The van der Waals surface area contributed by atoms with E-state index in [0.29, 0.717) is 6.54 Å². The van der Waals surface area contributed by atoms with Crippen LogP contribution in [0.3, 0.4) is 0 Å². The fourth-order valence-electron chi connectivity index (χ4n) is 0.929. The highest BCUT2D eigenvalue weighted by atomic mass is 19.1. The summed E-state index contributed by atoms with van der Waals surface area (Å²) in [5.41, 5.74) is 5.30. The molecule has 0 fully saturated rings. The van der Waals surface area contributed by atoms with E-state index in [1.54, 1.807) is 0 Å². The number of nitrogen functional groups attached to an aromatic ring is 1. The van der Waals surface area contributed by atoms with Gasteiger partial charge < -0.3 is 5.73 Å². The zero-order chi connectivity index (χ0) is 10.6. The van der Waals surface area contributed by atoms with Gasteiger partial charge in [0, 0.05) is 12.8 Å². The molecule has 0 atom stereocenters. The van der Waals surface area contributed by atoms with E-state index in [4.69, 9.17) is 5.73 Å². The Labute approximate surface area is 79.9 Å². The first kappa shape index (κ1) is 10.4. The highest BCUT2D eigenvalue weighted by Crippen LogP contribution is 2.09. The van der Waals surface area contributed by atoms with Gasteiger partial charge in [-0.25, -0.2) is 9.49 Å². The number of nitrogens with zero attached hydrogens (tertiary/aromatic N) is 2. The third kappa shape index (κ3) is 1.95. The topological polar surface area (TPSA) is 84.1 Å². The molecule has 3 N–H and O–H groups in total. The normalized spacial score (nSPS) is 11.0. The highest BCUT2D eigenvalue weighted by molar-refractivity contribution is 5.86. The van der Waals surface area contributed by atoms with Crippen LogP contribution in [-0.4, -0.2) is 23.0 Å². The van der Waals surface area contributed by atoms with Crippen LogP contribution >= 0.6 is 0 Å². The Morgan fingerprint density at radius 2 is 2.43 bits per heavy atom. The van der Waals surface area contributed by atoms with Crippen LogP contribution in [0.25, 0.3) is 0 Å². The molecule has 0 unspecified atom stereocenters. The number of aliphatic imine (C=N–C) groups is 1. The largest absolute Gasteiger partial charge is 0.396 e. The van der Waals surface area contributed by atoms with E-state index in [2.05, 4.69) is 15.2 Å². The van der Waals surface area contributed by atoms with Crippen LogP contribution < -0.4 is 11.3 Å². The number of hydrogen-bond donors (Lipinski definition) is 2. The van der Waals surface area contributed by atoms with E-state index in [-0.39, 0.29) is 16.9 Å². The van der Waals surface area contributed by atoms with E-state index >= 15 is 0 Å². The van der Waals surface area contributed by atoms with Crippen molar-refractivity contribution in [1.82, 2.24) is 10.2 Å². The van der Waals surface area contributed by atoms with Gasteiger partial charge in [-0.1, -0.05) is 0 Å². The predicted molar refractivity (Wildman–Crippen MR) is 52.2 cm³/mol. The van der Waals surface area contributed by atoms with Gasteiger partial charge in [0.1, 0.15) is 12.4 Å². The number of alkyl halides is 1. The van der Waals surface area contributed by atoms with E-state index in [1.165, 1.54) is 6.21 Å². The van der Waals surface area contributed by atoms with Crippen LogP contribution in [0.15, 0.2) is 9.79 Å². The summed E-state index contributed by atoms with van der Waals surface area (Å²) in [5, 5.41) is 5.62. The van der Waals surface area contributed by atoms with Gasteiger partial charge >= 0.3 is 0 Å². The monoisotopic (exact) mass is 198 g/mol. The molecule has 1 heterocycles. The number of rotatable bonds is 3. The number of aromatic amines is 1. The van der Waals surface area contributed by atoms with E-state index in [0.717, 1.165) is 0 Å². The number of aromatic nitrogens is 2. The van der Waals surface area contributed by atoms with Crippen molar-refractivity contribution in [3.8, 4) is 0 Å². The summed E-state index contributed by atoms with van der Waals surface area (Å²) in [7, 11) is 0. The van der Waals surface area contributed by atoms with E-state index in [9.17, 15) is 9.18 Å². The molecule has 1 aromatic rings. The molecule has 0 saturated carbocycles. The Balaban J connectivity index is 3.25. The number of anilines is 1. The molecule has 76 valence electrons. The third-order valence-corrected chi connectivity index (χ3v) is 1.67. The number of hydrogen-bond acceptors (Lipinski definition) is 4. The van der Waals surface area contributed by atoms with Crippen molar-refractivity contribution in [1.29, 1.82) is 0 Å². The molecule has 0 spiro atoms. The molecule has 1 rings (SSSR count). The zero-order valence-electron chi connectivity index (χ0n) is 7.75. The van der Waals surface area contributed by atoms with Gasteiger partial charge in [0.2, 0.25) is 0 Å². The Bertz CT molecular complexity index is 399. The van der Waals surface area contributed by atoms with Crippen molar-refractivity contribution in [3.05, 3.63) is 21.6 Å². The molecule has 14 heavy (non-hydrogen) atoms. The molecular formula is C8H11FN4O. The molecule has 0 aliphatic rings. The quantitative estimate of drug-likeness (QED) is 0.683. The van der Waals surface area contributed by atoms with E-state index < -0.39 is 12.2 Å². The lowest BCUT2D eigenvalue weighted by Gasteiger charge is -2.01. The molecule has 0 amide bonds. The maximum Gasteiger partial charge on any atom is 0.275 e. The van der Waals surface area contributed by atoms with Crippen LogP contribution in [-0.2, 0) is 6.67 Å². The molecule has 1 aromatic heterocycles. The molecule has 0 aromatic carbocycles. The van der Waals surface area contributed by atoms with Crippen molar-refractivity contribution in [2.45, 2.75) is 13.6 Å². The molecular weight excluding hydrogens is 187 g/mol. The van der Waals surface area contributed by atoms with Crippen LogP contribution in [0.1, 0.15) is 18.2 Å². The molecule has 0 radical (unpaired) electrons. The lowest BCUT2D eigenvalue weighted by atomic mass is 10.2. The van der Waals surface area contributed by atoms with Gasteiger partial charge in [-0.15, -0.1) is 0 Å². The van der Waals surface area contributed by atoms with Crippen molar-refractivity contribution >= 4 is 11.9 Å². The van der Waals surface area contributed by atoms with Crippen molar-refractivity contribution in [2.75, 3.05) is 12.3 Å². The van der Waals surface area contributed by atoms with Crippen LogP contribution in [0.2, 0.25) is 0 Å². The Morgan fingerprint density at radius 3 is 3.00 bits per heavy atom. The molecule has 6 heteroatoms. The second-order valence-electron chi connectivity index (χ2n) is 2.59. The summed E-state index contributed by atoms with van der Waals surface area (Å²) in [6.07, 6.45) is 1.33. The van der Waals surface area contributed by atoms with Crippen LogP contribution in [0.4, 0.5) is 10.1 Å². The average Bonchev–Trinajstić information content (AvgIpc) is 2.18. The Hall–Kier alpha value is -1.72. The smallest absolute Gasteiger partial charge is 0.275 e. The second-order valence-corrected chi connectivity index (χ2v) is 2.59. The van der Waals surface area contributed by atoms with Crippen molar-refractivity contribution in [2.24, 2.45) is 4.99 Å². The fraction of sp³-hybridized carbons (Fsp3) is 0.375. The minimum atomic E-state index is -0.810. The molecule has 0 bridgehead atoms. The summed E-state index contributed by atoms with van der Waals surface area (Å²) in [6.45, 7) is 1.54. The highest BCUT2D eigenvalue weighted by Gasteiger charge is 2.08. The maximum atomic E-state index is 12.3. The molecule has 0 saturated heterocycles. The third-order valence-electron chi connectivity index (χ3n) is 1.67. The number of halogens is 1. The predicted octanol–water partition coefficient (Wildman–Crippen LogP) is 0.260. The van der Waals surface area contributed by atoms with Gasteiger partial charge in [-0.2, -0.15) is 5.10 Å². The standard InChI is InChI=1S/C8H11FN4O/c1-2-11-4-5-7(10)6(3-9)12-13-8(5)14/h4H,2-3H2,1H3,(H3,10,13,14).